The lowest BCUT2D eigenvalue weighted by molar-refractivity contribution is -0.121. The highest BCUT2D eigenvalue weighted by atomic mass is 32.1. The number of rotatable bonds is 10. The zero-order valence-corrected chi connectivity index (χ0v) is 18.1. The molecule has 0 aliphatic rings. The highest BCUT2D eigenvalue weighted by molar-refractivity contribution is 7.71. The maximum atomic E-state index is 12.2. The molecule has 0 unspecified atom stereocenters. The summed E-state index contributed by atoms with van der Waals surface area (Å²) in [6.07, 6.45) is 0.241. The van der Waals surface area contributed by atoms with E-state index in [2.05, 4.69) is 20.8 Å². The third-order valence-corrected chi connectivity index (χ3v) is 4.82. The van der Waals surface area contributed by atoms with E-state index >= 15 is 0 Å². The van der Waals surface area contributed by atoms with Crippen LogP contribution in [0.4, 0.5) is 0 Å². The third kappa shape index (κ3) is 6.26. The summed E-state index contributed by atoms with van der Waals surface area (Å²) in [5.41, 5.74) is 1.46. The highest BCUT2D eigenvalue weighted by Gasteiger charge is 2.11. The molecule has 2 amide bonds. The molecule has 1 aromatic heterocycles. The maximum absolute atomic E-state index is 12.2. The van der Waals surface area contributed by atoms with Crippen LogP contribution in [-0.4, -0.2) is 46.3 Å². The number of hydrogen-bond donors (Lipinski definition) is 3. The van der Waals surface area contributed by atoms with Crippen LogP contribution in [0.2, 0.25) is 0 Å². The Balaban J connectivity index is 1.47. The van der Waals surface area contributed by atoms with Gasteiger partial charge in [-0.1, -0.05) is 18.2 Å². The minimum absolute atomic E-state index is 0.130. The lowest BCUT2D eigenvalue weighted by Gasteiger charge is -2.09. The van der Waals surface area contributed by atoms with Crippen molar-refractivity contribution in [3.63, 3.8) is 0 Å². The Morgan fingerprint density at radius 2 is 1.77 bits per heavy atom. The van der Waals surface area contributed by atoms with Gasteiger partial charge in [-0.15, -0.1) is 0 Å². The number of nitrogens with one attached hydrogen (secondary N) is 3. The molecule has 1 heterocycles. The second-order valence-corrected chi connectivity index (χ2v) is 7.07. The summed E-state index contributed by atoms with van der Waals surface area (Å²) in [7, 11) is 0. The van der Waals surface area contributed by atoms with Crippen molar-refractivity contribution in [1.29, 1.82) is 0 Å². The Hall–Kier alpha value is -3.46. The van der Waals surface area contributed by atoms with E-state index in [9.17, 15) is 9.59 Å². The first-order valence-electron chi connectivity index (χ1n) is 10.1. The number of aromatic amines is 1. The smallest absolute Gasteiger partial charge is 0.251 e. The molecule has 8 nitrogen and oxygen atoms in total. The van der Waals surface area contributed by atoms with Crippen molar-refractivity contribution in [3.05, 3.63) is 64.9 Å². The quantitative estimate of drug-likeness (QED) is 0.333. The van der Waals surface area contributed by atoms with Gasteiger partial charge in [-0.3, -0.25) is 19.3 Å². The van der Waals surface area contributed by atoms with Gasteiger partial charge in [0.15, 0.2) is 10.6 Å². The van der Waals surface area contributed by atoms with Gasteiger partial charge in [-0.2, -0.15) is 5.10 Å². The highest BCUT2D eigenvalue weighted by Crippen LogP contribution is 2.21. The molecule has 0 saturated carbocycles. The summed E-state index contributed by atoms with van der Waals surface area (Å²) < 4.78 is 7.71. The molecule has 0 atom stereocenters. The predicted octanol–water partition coefficient (Wildman–Crippen LogP) is 2.94. The number of H-pyrrole nitrogens is 1. The van der Waals surface area contributed by atoms with Crippen molar-refractivity contribution in [2.24, 2.45) is 0 Å². The molecule has 0 radical (unpaired) electrons. The van der Waals surface area contributed by atoms with Crippen molar-refractivity contribution < 1.29 is 14.3 Å². The summed E-state index contributed by atoms with van der Waals surface area (Å²) in [6, 6.07) is 16.5. The Morgan fingerprint density at radius 3 is 2.48 bits per heavy atom. The molecule has 9 heteroatoms. The largest absolute Gasteiger partial charge is 0.494 e. The second kappa shape index (κ2) is 11.1. The zero-order chi connectivity index (χ0) is 22.1. The number of amides is 2. The van der Waals surface area contributed by atoms with Gasteiger partial charge in [-0.05, 0) is 55.5 Å². The van der Waals surface area contributed by atoms with Crippen LogP contribution in [0.5, 0.6) is 5.75 Å². The molecule has 0 saturated heterocycles. The van der Waals surface area contributed by atoms with E-state index in [1.807, 2.05) is 37.3 Å². The van der Waals surface area contributed by atoms with Crippen LogP contribution in [-0.2, 0) is 11.3 Å². The predicted molar refractivity (Wildman–Crippen MR) is 120 cm³/mol. The van der Waals surface area contributed by atoms with Crippen LogP contribution in [0.25, 0.3) is 11.4 Å². The summed E-state index contributed by atoms with van der Waals surface area (Å²) in [5, 5.41) is 12.7. The third-order valence-electron chi connectivity index (χ3n) is 4.51. The van der Waals surface area contributed by atoms with Crippen LogP contribution in [0.15, 0.2) is 54.6 Å². The lowest BCUT2D eigenvalue weighted by atomic mass is 10.2. The van der Waals surface area contributed by atoms with Crippen molar-refractivity contribution >= 4 is 24.0 Å². The molecule has 3 aromatic rings. The van der Waals surface area contributed by atoms with Gasteiger partial charge in [0.2, 0.25) is 5.91 Å². The molecule has 3 N–H and O–H groups in total. The van der Waals surface area contributed by atoms with Gasteiger partial charge in [0, 0.05) is 37.2 Å². The number of ether oxygens (including phenoxy) is 1. The summed E-state index contributed by atoms with van der Waals surface area (Å²) in [5.74, 6) is 1.15. The monoisotopic (exact) mass is 439 g/mol. The minimum atomic E-state index is -0.167. The fourth-order valence-corrected chi connectivity index (χ4v) is 3.21. The van der Waals surface area contributed by atoms with Crippen LogP contribution < -0.4 is 15.4 Å². The Labute approximate surface area is 185 Å². The fourth-order valence-electron chi connectivity index (χ4n) is 2.98. The Kier molecular flexibility index (Phi) is 7.94. The molecular formula is C22H25N5O3S. The topological polar surface area (TPSA) is 101 Å². The van der Waals surface area contributed by atoms with E-state index in [0.29, 0.717) is 42.4 Å². The number of nitrogens with zero attached hydrogens (tertiary/aromatic N) is 2. The molecule has 0 fully saturated rings. The van der Waals surface area contributed by atoms with Gasteiger partial charge in [0.05, 0.1) is 6.61 Å². The number of aromatic nitrogens is 3. The van der Waals surface area contributed by atoms with Crippen molar-refractivity contribution in [3.8, 4) is 17.1 Å². The van der Waals surface area contributed by atoms with E-state index in [4.69, 9.17) is 17.0 Å². The van der Waals surface area contributed by atoms with E-state index in [0.717, 1.165) is 11.3 Å². The van der Waals surface area contributed by atoms with Crippen LogP contribution in [0.3, 0.4) is 0 Å². The Bertz CT molecular complexity index is 1060. The summed E-state index contributed by atoms with van der Waals surface area (Å²) >= 11 is 5.31. The SMILES string of the molecule is CCOc1ccc(-c2n[nH]c(=S)n2CCC(=O)NCCNC(=O)c2ccccc2)cc1. The van der Waals surface area contributed by atoms with E-state index in [-0.39, 0.29) is 18.2 Å². The molecule has 0 aliphatic heterocycles. The van der Waals surface area contributed by atoms with Gasteiger partial charge in [0.25, 0.3) is 5.91 Å². The molecule has 2 aromatic carbocycles. The van der Waals surface area contributed by atoms with Crippen molar-refractivity contribution in [2.45, 2.75) is 19.9 Å². The second-order valence-electron chi connectivity index (χ2n) is 6.68. The zero-order valence-electron chi connectivity index (χ0n) is 17.3. The van der Waals surface area contributed by atoms with Crippen LogP contribution >= 0.6 is 12.2 Å². The molecular weight excluding hydrogens is 414 g/mol. The minimum Gasteiger partial charge on any atom is -0.494 e. The van der Waals surface area contributed by atoms with Crippen LogP contribution in [0.1, 0.15) is 23.7 Å². The molecule has 31 heavy (non-hydrogen) atoms. The average Bonchev–Trinajstić information content (AvgIpc) is 3.16. The average molecular weight is 440 g/mol. The first-order chi connectivity index (χ1) is 15.1. The van der Waals surface area contributed by atoms with E-state index in [1.165, 1.54) is 0 Å². The van der Waals surface area contributed by atoms with E-state index < -0.39 is 0 Å². The molecule has 162 valence electrons. The molecule has 3 rings (SSSR count). The standard InChI is InChI=1S/C22H25N5O3S/c1-2-30-18-10-8-16(9-11-18)20-25-26-22(31)27(20)15-12-19(28)23-13-14-24-21(29)17-6-4-3-5-7-17/h3-11H,2,12-15H2,1H3,(H,23,28)(H,24,29)(H,26,31). The fraction of sp³-hybridized carbons (Fsp3) is 0.273. The van der Waals surface area contributed by atoms with Gasteiger partial charge >= 0.3 is 0 Å². The lowest BCUT2D eigenvalue weighted by Crippen LogP contribution is -2.35. The summed E-state index contributed by atoms with van der Waals surface area (Å²) in [6.45, 7) is 3.62. The maximum Gasteiger partial charge on any atom is 0.251 e. The number of carbonyl (C=O) groups is 2. The van der Waals surface area contributed by atoms with Crippen molar-refractivity contribution in [1.82, 2.24) is 25.4 Å². The normalized spacial score (nSPS) is 10.5. The first-order valence-corrected chi connectivity index (χ1v) is 10.5. The van der Waals surface area contributed by atoms with Gasteiger partial charge in [-0.25, -0.2) is 0 Å². The Morgan fingerprint density at radius 1 is 1.06 bits per heavy atom. The summed E-state index contributed by atoms with van der Waals surface area (Å²) in [4.78, 5) is 24.2. The van der Waals surface area contributed by atoms with Gasteiger partial charge < -0.3 is 15.4 Å². The number of carbonyl (C=O) groups excluding carboxylic acids is 2. The van der Waals surface area contributed by atoms with Crippen LogP contribution in [0, 0.1) is 4.77 Å². The number of hydrogen-bond acceptors (Lipinski definition) is 5. The van der Waals surface area contributed by atoms with Crippen molar-refractivity contribution in [2.75, 3.05) is 19.7 Å². The first kappa shape index (κ1) is 22.2. The van der Waals surface area contributed by atoms with Gasteiger partial charge in [0.1, 0.15) is 5.75 Å². The molecule has 0 spiro atoms. The molecule has 0 aliphatic carbocycles. The van der Waals surface area contributed by atoms with E-state index in [1.54, 1.807) is 28.8 Å². The molecule has 0 bridgehead atoms. The number of benzene rings is 2.